The lowest BCUT2D eigenvalue weighted by molar-refractivity contribution is 0.484. The van der Waals surface area contributed by atoms with Crippen LogP contribution in [0, 0.1) is 0 Å². The second-order valence-corrected chi connectivity index (χ2v) is 4.54. The Kier molecular flexibility index (Phi) is 2.91. The zero-order valence-electron chi connectivity index (χ0n) is 10.9. The van der Waals surface area contributed by atoms with Crippen molar-refractivity contribution in [1.82, 2.24) is 10.3 Å². The van der Waals surface area contributed by atoms with Gasteiger partial charge in [0.05, 0.1) is 6.26 Å². The van der Waals surface area contributed by atoms with E-state index in [0.29, 0.717) is 0 Å². The van der Waals surface area contributed by atoms with Crippen molar-refractivity contribution in [2.45, 2.75) is 19.9 Å². The van der Waals surface area contributed by atoms with Gasteiger partial charge in [0, 0.05) is 11.9 Å². The van der Waals surface area contributed by atoms with Crippen LogP contribution in [0.5, 0.6) is 0 Å². The maximum absolute atomic E-state index is 5.49. The second-order valence-electron chi connectivity index (χ2n) is 4.54. The molecule has 2 aromatic rings. The molecule has 3 heterocycles. The molecule has 0 amide bonds. The zero-order chi connectivity index (χ0) is 13.2. The van der Waals surface area contributed by atoms with Crippen LogP contribution in [0.1, 0.15) is 31.3 Å². The molecule has 1 aliphatic rings. The third kappa shape index (κ3) is 2.17. The highest BCUT2D eigenvalue weighted by atomic mass is 16.3. The largest absolute Gasteiger partial charge is 0.467 e. The van der Waals surface area contributed by atoms with E-state index >= 15 is 0 Å². The number of hydrogen-bond acceptors (Lipinski definition) is 4. The van der Waals surface area contributed by atoms with Gasteiger partial charge in [-0.25, -0.2) is 0 Å². The molecule has 1 N–H and O–H groups in total. The van der Waals surface area contributed by atoms with Crippen molar-refractivity contribution < 1.29 is 4.42 Å². The van der Waals surface area contributed by atoms with Crippen molar-refractivity contribution in [2.24, 2.45) is 4.99 Å². The minimum atomic E-state index is -0.0757. The van der Waals surface area contributed by atoms with Crippen molar-refractivity contribution >= 4 is 5.84 Å². The molecule has 4 heteroatoms. The lowest BCUT2D eigenvalue weighted by atomic mass is 10.0. The highest BCUT2D eigenvalue weighted by molar-refractivity contribution is 5.99. The number of aromatic nitrogens is 1. The average molecular weight is 253 g/mol. The lowest BCUT2D eigenvalue weighted by Gasteiger charge is -2.23. The van der Waals surface area contributed by atoms with Gasteiger partial charge in [-0.3, -0.25) is 9.98 Å². The predicted octanol–water partition coefficient (Wildman–Crippen LogP) is 3.06. The van der Waals surface area contributed by atoms with E-state index < -0.39 is 0 Å². The number of pyridine rings is 1. The molecule has 3 rings (SSSR count). The minimum absolute atomic E-state index is 0.0757. The van der Waals surface area contributed by atoms with Crippen LogP contribution in [0.25, 0.3) is 0 Å². The third-order valence-electron chi connectivity index (χ3n) is 3.29. The van der Waals surface area contributed by atoms with Crippen LogP contribution < -0.4 is 5.32 Å². The molecule has 19 heavy (non-hydrogen) atoms. The summed E-state index contributed by atoms with van der Waals surface area (Å²) in [6.45, 7) is 4.11. The highest BCUT2D eigenvalue weighted by Gasteiger charge is 2.23. The monoisotopic (exact) mass is 253 g/mol. The van der Waals surface area contributed by atoms with E-state index in [1.54, 1.807) is 12.5 Å². The molecule has 0 spiro atoms. The van der Waals surface area contributed by atoms with Gasteiger partial charge in [0.2, 0.25) is 0 Å². The molecule has 0 aliphatic carbocycles. The number of hydrogen-bond donors (Lipinski definition) is 1. The van der Waals surface area contributed by atoms with Gasteiger partial charge in [0.15, 0.2) is 5.84 Å². The summed E-state index contributed by atoms with van der Waals surface area (Å²) in [5, 5.41) is 3.30. The Morgan fingerprint density at radius 2 is 2.05 bits per heavy atom. The van der Waals surface area contributed by atoms with Gasteiger partial charge in [0.25, 0.3) is 0 Å². The van der Waals surface area contributed by atoms with Crippen molar-refractivity contribution in [2.75, 3.05) is 0 Å². The fraction of sp³-hybridized carbons (Fsp3) is 0.200. The first-order valence-corrected chi connectivity index (χ1v) is 6.22. The zero-order valence-corrected chi connectivity index (χ0v) is 10.9. The van der Waals surface area contributed by atoms with Crippen LogP contribution in [0.4, 0.5) is 0 Å². The van der Waals surface area contributed by atoms with Crippen molar-refractivity contribution in [1.29, 1.82) is 0 Å². The predicted molar refractivity (Wildman–Crippen MR) is 73.7 cm³/mol. The maximum Gasteiger partial charge on any atom is 0.152 e. The Morgan fingerprint density at radius 3 is 2.74 bits per heavy atom. The van der Waals surface area contributed by atoms with Crippen molar-refractivity contribution in [3.63, 3.8) is 0 Å². The van der Waals surface area contributed by atoms with E-state index in [0.717, 1.165) is 28.6 Å². The Hall–Kier alpha value is -2.36. The summed E-state index contributed by atoms with van der Waals surface area (Å²) in [6, 6.07) is 9.55. The van der Waals surface area contributed by atoms with E-state index in [1.165, 1.54) is 0 Å². The molecule has 4 nitrogen and oxygen atoms in total. The van der Waals surface area contributed by atoms with Gasteiger partial charge in [-0.15, -0.1) is 0 Å². The summed E-state index contributed by atoms with van der Waals surface area (Å²) in [7, 11) is 0. The van der Waals surface area contributed by atoms with Gasteiger partial charge in [-0.2, -0.15) is 0 Å². The van der Waals surface area contributed by atoms with Gasteiger partial charge in [-0.1, -0.05) is 6.07 Å². The molecule has 0 bridgehead atoms. The number of rotatable bonds is 2. The minimum Gasteiger partial charge on any atom is -0.467 e. The van der Waals surface area contributed by atoms with Crippen LogP contribution in [0.2, 0.25) is 0 Å². The molecule has 0 saturated heterocycles. The first-order valence-electron chi connectivity index (χ1n) is 6.22. The summed E-state index contributed by atoms with van der Waals surface area (Å²) in [4.78, 5) is 9.05. The molecule has 2 aromatic heterocycles. The first-order chi connectivity index (χ1) is 9.25. The number of nitrogens with zero attached hydrogens (tertiary/aromatic N) is 2. The third-order valence-corrected chi connectivity index (χ3v) is 3.29. The Morgan fingerprint density at radius 1 is 1.16 bits per heavy atom. The van der Waals surface area contributed by atoms with E-state index in [9.17, 15) is 0 Å². The van der Waals surface area contributed by atoms with Gasteiger partial charge >= 0.3 is 0 Å². The van der Waals surface area contributed by atoms with Crippen molar-refractivity contribution in [3.8, 4) is 0 Å². The lowest BCUT2D eigenvalue weighted by Crippen LogP contribution is -2.29. The molecule has 0 fully saturated rings. The quantitative estimate of drug-likeness (QED) is 0.894. The molecular formula is C15H15N3O. The maximum atomic E-state index is 5.49. The molecule has 1 unspecified atom stereocenters. The molecule has 1 atom stereocenters. The van der Waals surface area contributed by atoms with Crippen LogP contribution in [-0.2, 0) is 0 Å². The van der Waals surface area contributed by atoms with Crippen LogP contribution >= 0.6 is 0 Å². The average Bonchev–Trinajstić information content (AvgIpc) is 2.96. The number of amidine groups is 1. The van der Waals surface area contributed by atoms with Gasteiger partial charge < -0.3 is 9.73 Å². The summed E-state index contributed by atoms with van der Waals surface area (Å²) in [5.41, 5.74) is 3.09. The van der Waals surface area contributed by atoms with Crippen LogP contribution in [0.3, 0.4) is 0 Å². The number of allylic oxidation sites excluding steroid dienone is 1. The molecule has 96 valence electrons. The summed E-state index contributed by atoms with van der Waals surface area (Å²) in [5.74, 6) is 1.64. The van der Waals surface area contributed by atoms with E-state index in [1.807, 2.05) is 37.3 Å². The van der Waals surface area contributed by atoms with Crippen LogP contribution in [-0.4, -0.2) is 10.8 Å². The first kappa shape index (κ1) is 11.7. The number of furan rings is 1. The van der Waals surface area contributed by atoms with E-state index in [2.05, 4.69) is 17.2 Å². The van der Waals surface area contributed by atoms with Crippen molar-refractivity contribution in [3.05, 3.63) is 65.5 Å². The topological polar surface area (TPSA) is 50.4 Å². The smallest absolute Gasteiger partial charge is 0.152 e. The standard InChI is InChI=1S/C15H15N3O/c1-10-11(2)17-15(12-6-3-4-8-16-12)18-14(10)13-7-5-9-19-13/h3-9,14H,1-2H3,(H,17,18). The molecule has 0 aromatic carbocycles. The number of aliphatic imine (C=N–C) groups is 1. The summed E-state index contributed by atoms with van der Waals surface area (Å²) in [6.07, 6.45) is 3.44. The second kappa shape index (κ2) is 4.72. The molecular weight excluding hydrogens is 238 g/mol. The van der Waals surface area contributed by atoms with Gasteiger partial charge in [-0.05, 0) is 43.7 Å². The summed E-state index contributed by atoms with van der Waals surface area (Å²) >= 11 is 0. The molecule has 0 saturated carbocycles. The Balaban J connectivity index is 2.02. The fourth-order valence-corrected chi connectivity index (χ4v) is 2.10. The Bertz CT molecular complexity index is 627. The van der Waals surface area contributed by atoms with E-state index in [4.69, 9.17) is 9.41 Å². The van der Waals surface area contributed by atoms with Crippen LogP contribution in [0.15, 0.2) is 63.5 Å². The van der Waals surface area contributed by atoms with E-state index in [-0.39, 0.29) is 6.04 Å². The molecule has 0 radical (unpaired) electrons. The fourth-order valence-electron chi connectivity index (χ4n) is 2.10. The summed E-state index contributed by atoms with van der Waals surface area (Å²) < 4.78 is 5.49. The highest BCUT2D eigenvalue weighted by Crippen LogP contribution is 2.30. The number of nitrogens with one attached hydrogen (secondary N) is 1. The SMILES string of the molecule is CC1=C(C)C(c2ccco2)N=C(c2ccccn2)N1. The van der Waals surface area contributed by atoms with Gasteiger partial charge in [0.1, 0.15) is 17.5 Å². The Labute approximate surface area is 111 Å². The normalized spacial score (nSPS) is 19.1. The molecule has 1 aliphatic heterocycles.